The van der Waals surface area contributed by atoms with Crippen molar-refractivity contribution in [3.05, 3.63) is 28.2 Å². The number of hydrogen-bond donors (Lipinski definition) is 2. The Balaban J connectivity index is 2.83. The molecule has 1 aromatic rings. The van der Waals surface area contributed by atoms with Crippen LogP contribution < -0.4 is 5.73 Å². The second kappa shape index (κ2) is 5.04. The Morgan fingerprint density at radius 2 is 2.29 bits per heavy atom. The number of aliphatic hydroxyl groups is 1. The lowest BCUT2D eigenvalue weighted by Gasteiger charge is -2.12. The molecule has 74 valence electrons. The summed E-state index contributed by atoms with van der Waals surface area (Å²) in [4.78, 5) is 0. The average Bonchev–Trinajstić information content (AvgIpc) is 2.18. The van der Waals surface area contributed by atoms with Crippen LogP contribution in [0.5, 0.6) is 0 Å². The zero-order valence-electron chi connectivity index (χ0n) is 7.70. The highest BCUT2D eigenvalue weighted by Gasteiger charge is 2.10. The predicted molar refractivity (Wildman–Crippen MR) is 61.6 cm³/mol. The number of halogens is 1. The molecule has 0 aliphatic rings. The molecule has 2 nitrogen and oxygen atoms in total. The van der Waals surface area contributed by atoms with Crippen molar-refractivity contribution < 1.29 is 5.11 Å². The minimum absolute atomic E-state index is 0.539. The largest absolute Gasteiger partial charge is 0.398 e. The van der Waals surface area contributed by atoms with Gasteiger partial charge in [0.2, 0.25) is 0 Å². The van der Waals surface area contributed by atoms with Gasteiger partial charge in [-0.3, -0.25) is 0 Å². The summed E-state index contributed by atoms with van der Waals surface area (Å²) in [7, 11) is 0. The lowest BCUT2D eigenvalue weighted by atomic mass is 10.0. The molecule has 0 amide bonds. The average molecular weight is 254 g/mol. The first-order valence-corrected chi connectivity index (χ1v) is 5.11. The summed E-state index contributed by atoms with van der Waals surface area (Å²) >= 11 is 3.33. The van der Waals surface area contributed by atoms with E-state index < -0.39 is 6.10 Å². The summed E-state index contributed by atoms with van der Waals surface area (Å²) in [5.41, 5.74) is 7.06. The van der Waals surface area contributed by atoms with Gasteiger partial charge in [0.05, 0.1) is 6.10 Å². The molecule has 14 heavy (non-hydrogen) atoms. The van der Waals surface area contributed by atoms with Gasteiger partial charge in [-0.05, 0) is 24.6 Å². The Bertz CT molecular complexity index is 357. The summed E-state index contributed by atoms with van der Waals surface area (Å²) < 4.78 is 0.904. The topological polar surface area (TPSA) is 46.2 Å². The standard InChI is InChI=1S/C11H12BrNO/c1-2-3-4-11(14)9-7-8(12)5-6-10(9)13/h1,5-7,11,14H,3-4,13H2. The number of nitrogens with two attached hydrogens (primary N) is 1. The monoisotopic (exact) mass is 253 g/mol. The Morgan fingerprint density at radius 1 is 1.57 bits per heavy atom. The fourth-order valence-corrected chi connectivity index (χ4v) is 1.59. The second-order valence-corrected chi connectivity index (χ2v) is 3.95. The van der Waals surface area contributed by atoms with E-state index in [0.717, 1.165) is 10.0 Å². The van der Waals surface area contributed by atoms with Crippen molar-refractivity contribution in [2.75, 3.05) is 5.73 Å². The summed E-state index contributed by atoms with van der Waals surface area (Å²) in [5, 5.41) is 9.76. The number of nitrogen functional groups attached to an aromatic ring is 1. The Kier molecular flexibility index (Phi) is 3.99. The van der Waals surface area contributed by atoms with Crippen molar-refractivity contribution in [1.82, 2.24) is 0 Å². The lowest BCUT2D eigenvalue weighted by Crippen LogP contribution is -2.01. The van der Waals surface area contributed by atoms with E-state index >= 15 is 0 Å². The highest BCUT2D eigenvalue weighted by atomic mass is 79.9. The van der Waals surface area contributed by atoms with E-state index in [1.54, 1.807) is 6.07 Å². The lowest BCUT2D eigenvalue weighted by molar-refractivity contribution is 0.170. The number of aliphatic hydroxyl groups excluding tert-OH is 1. The molecule has 0 radical (unpaired) electrons. The van der Waals surface area contributed by atoms with Crippen molar-refractivity contribution in [2.24, 2.45) is 0 Å². The van der Waals surface area contributed by atoms with Gasteiger partial charge in [-0.1, -0.05) is 15.9 Å². The van der Waals surface area contributed by atoms with Crippen molar-refractivity contribution in [2.45, 2.75) is 18.9 Å². The van der Waals surface area contributed by atoms with Crippen LogP contribution in [-0.4, -0.2) is 5.11 Å². The van der Waals surface area contributed by atoms with E-state index in [9.17, 15) is 5.11 Å². The molecule has 1 rings (SSSR count). The van der Waals surface area contributed by atoms with Crippen LogP contribution in [0.3, 0.4) is 0 Å². The van der Waals surface area contributed by atoms with Crippen LogP contribution in [0.4, 0.5) is 5.69 Å². The van der Waals surface area contributed by atoms with Gasteiger partial charge in [-0.25, -0.2) is 0 Å². The van der Waals surface area contributed by atoms with Gasteiger partial charge in [-0.2, -0.15) is 0 Å². The van der Waals surface area contributed by atoms with Gasteiger partial charge in [0.1, 0.15) is 0 Å². The molecule has 0 saturated heterocycles. The van der Waals surface area contributed by atoms with E-state index in [0.29, 0.717) is 18.5 Å². The third-order valence-electron chi connectivity index (χ3n) is 1.97. The smallest absolute Gasteiger partial charge is 0.0819 e. The fraction of sp³-hybridized carbons (Fsp3) is 0.273. The molecule has 1 atom stereocenters. The fourth-order valence-electron chi connectivity index (χ4n) is 1.21. The number of rotatable bonds is 3. The quantitative estimate of drug-likeness (QED) is 0.643. The molecular formula is C11H12BrNO. The molecule has 1 aromatic carbocycles. The van der Waals surface area contributed by atoms with E-state index in [1.807, 2.05) is 12.1 Å². The minimum Gasteiger partial charge on any atom is -0.398 e. The van der Waals surface area contributed by atoms with Crippen LogP contribution >= 0.6 is 15.9 Å². The second-order valence-electron chi connectivity index (χ2n) is 3.03. The van der Waals surface area contributed by atoms with E-state index in [2.05, 4.69) is 21.9 Å². The molecule has 0 saturated carbocycles. The van der Waals surface area contributed by atoms with Gasteiger partial charge < -0.3 is 10.8 Å². The van der Waals surface area contributed by atoms with Gasteiger partial charge in [-0.15, -0.1) is 12.3 Å². The van der Waals surface area contributed by atoms with Crippen molar-refractivity contribution in [3.63, 3.8) is 0 Å². The van der Waals surface area contributed by atoms with Crippen molar-refractivity contribution in [1.29, 1.82) is 0 Å². The first-order chi connectivity index (χ1) is 6.65. The Morgan fingerprint density at radius 3 is 2.93 bits per heavy atom. The molecule has 0 fully saturated rings. The highest BCUT2D eigenvalue weighted by Crippen LogP contribution is 2.27. The van der Waals surface area contributed by atoms with Crippen molar-refractivity contribution in [3.8, 4) is 12.3 Å². The normalized spacial score (nSPS) is 12.1. The molecule has 3 N–H and O–H groups in total. The molecule has 1 unspecified atom stereocenters. The third-order valence-corrected chi connectivity index (χ3v) is 2.46. The summed E-state index contributed by atoms with van der Waals surface area (Å²) in [6.07, 6.45) is 5.63. The molecular weight excluding hydrogens is 242 g/mol. The van der Waals surface area contributed by atoms with Gasteiger partial charge in [0, 0.05) is 22.1 Å². The van der Waals surface area contributed by atoms with Crippen LogP contribution in [0.15, 0.2) is 22.7 Å². The first-order valence-electron chi connectivity index (χ1n) is 4.31. The summed E-state index contributed by atoms with van der Waals surface area (Å²) in [6, 6.07) is 5.42. The van der Waals surface area contributed by atoms with Crippen LogP contribution in [0, 0.1) is 12.3 Å². The van der Waals surface area contributed by atoms with E-state index in [-0.39, 0.29) is 0 Å². The molecule has 3 heteroatoms. The zero-order chi connectivity index (χ0) is 10.6. The first kappa shape index (κ1) is 11.1. The maximum absolute atomic E-state index is 9.76. The van der Waals surface area contributed by atoms with Crippen molar-refractivity contribution >= 4 is 21.6 Å². The molecule has 0 spiro atoms. The molecule has 0 bridgehead atoms. The highest BCUT2D eigenvalue weighted by molar-refractivity contribution is 9.10. The van der Waals surface area contributed by atoms with E-state index in [4.69, 9.17) is 12.2 Å². The molecule has 0 aliphatic carbocycles. The maximum Gasteiger partial charge on any atom is 0.0819 e. The minimum atomic E-state index is -0.580. The zero-order valence-corrected chi connectivity index (χ0v) is 9.29. The van der Waals surface area contributed by atoms with Crippen LogP contribution in [0.1, 0.15) is 24.5 Å². The Labute approximate surface area is 92.3 Å². The van der Waals surface area contributed by atoms with Crippen LogP contribution in [-0.2, 0) is 0 Å². The van der Waals surface area contributed by atoms with Crippen LogP contribution in [0.2, 0.25) is 0 Å². The number of benzene rings is 1. The van der Waals surface area contributed by atoms with E-state index in [1.165, 1.54) is 0 Å². The molecule has 0 heterocycles. The summed E-state index contributed by atoms with van der Waals surface area (Å²) in [6.45, 7) is 0. The SMILES string of the molecule is C#CCCC(O)c1cc(Br)ccc1N. The Hall–Kier alpha value is -0.980. The third kappa shape index (κ3) is 2.76. The maximum atomic E-state index is 9.76. The number of hydrogen-bond acceptors (Lipinski definition) is 2. The predicted octanol–water partition coefficient (Wildman–Crippen LogP) is 2.48. The van der Waals surface area contributed by atoms with Gasteiger partial charge in [0.15, 0.2) is 0 Å². The number of terminal acetylenes is 1. The van der Waals surface area contributed by atoms with Gasteiger partial charge in [0.25, 0.3) is 0 Å². The molecule has 0 aliphatic heterocycles. The molecule has 0 aromatic heterocycles. The van der Waals surface area contributed by atoms with Crippen LogP contribution in [0.25, 0.3) is 0 Å². The number of anilines is 1. The van der Waals surface area contributed by atoms with Gasteiger partial charge >= 0.3 is 0 Å². The summed E-state index contributed by atoms with van der Waals surface area (Å²) in [5.74, 6) is 2.49.